The number of nitrogens with zero attached hydrogens (tertiary/aromatic N) is 1. The molecule has 5 rings (SSSR count). The lowest BCUT2D eigenvalue weighted by molar-refractivity contribution is 0.0946. The van der Waals surface area contributed by atoms with Gasteiger partial charge in [-0.3, -0.25) is 4.90 Å². The first-order chi connectivity index (χ1) is 16.7. The Labute approximate surface area is 198 Å². The zero-order valence-electron chi connectivity index (χ0n) is 19.4. The van der Waals surface area contributed by atoms with Gasteiger partial charge in [0, 0.05) is 18.5 Å². The van der Waals surface area contributed by atoms with Crippen molar-refractivity contribution in [3.05, 3.63) is 88.3 Å². The summed E-state index contributed by atoms with van der Waals surface area (Å²) >= 11 is 0. The van der Waals surface area contributed by atoms with Crippen molar-refractivity contribution in [3.8, 4) is 28.4 Å². The van der Waals surface area contributed by atoms with Gasteiger partial charge in [0.15, 0.2) is 11.5 Å². The third-order valence-corrected chi connectivity index (χ3v) is 6.22. The van der Waals surface area contributed by atoms with Crippen molar-refractivity contribution < 1.29 is 18.6 Å². The van der Waals surface area contributed by atoms with Crippen LogP contribution in [0.2, 0.25) is 0 Å². The molecule has 0 aliphatic carbocycles. The first-order valence-electron chi connectivity index (χ1n) is 11.4. The van der Waals surface area contributed by atoms with Crippen molar-refractivity contribution in [2.75, 3.05) is 27.5 Å². The van der Waals surface area contributed by atoms with Gasteiger partial charge in [0.2, 0.25) is 0 Å². The SMILES string of the molecule is COc1ccc(-c2cc3ccc4c(c3oc2=O)CN(CCCc2ccccc2)CO4)cc1OC. The lowest BCUT2D eigenvalue weighted by atomic mass is 10.0. The van der Waals surface area contributed by atoms with Crippen LogP contribution in [0.1, 0.15) is 17.5 Å². The fraction of sp³-hybridized carbons (Fsp3) is 0.250. The van der Waals surface area contributed by atoms with E-state index in [1.54, 1.807) is 26.4 Å². The highest BCUT2D eigenvalue weighted by Crippen LogP contribution is 2.35. The van der Waals surface area contributed by atoms with E-state index in [-0.39, 0.29) is 0 Å². The summed E-state index contributed by atoms with van der Waals surface area (Å²) in [5.74, 6) is 1.94. The van der Waals surface area contributed by atoms with Crippen LogP contribution in [0.15, 0.2) is 75.9 Å². The number of aryl methyl sites for hydroxylation is 1. The van der Waals surface area contributed by atoms with Crippen LogP contribution < -0.4 is 19.8 Å². The number of methoxy groups -OCH3 is 2. The monoisotopic (exact) mass is 457 g/mol. The van der Waals surface area contributed by atoms with Crippen molar-refractivity contribution in [2.45, 2.75) is 19.4 Å². The molecule has 0 amide bonds. The number of ether oxygens (including phenoxy) is 3. The van der Waals surface area contributed by atoms with Gasteiger partial charge in [0.25, 0.3) is 0 Å². The average Bonchev–Trinajstić information content (AvgIpc) is 2.88. The van der Waals surface area contributed by atoms with Crippen molar-refractivity contribution in [1.29, 1.82) is 0 Å². The van der Waals surface area contributed by atoms with Gasteiger partial charge < -0.3 is 18.6 Å². The Morgan fingerprint density at radius 2 is 1.76 bits per heavy atom. The largest absolute Gasteiger partial charge is 0.493 e. The van der Waals surface area contributed by atoms with Gasteiger partial charge in [-0.25, -0.2) is 4.79 Å². The van der Waals surface area contributed by atoms with E-state index in [1.165, 1.54) is 5.56 Å². The summed E-state index contributed by atoms with van der Waals surface area (Å²) in [4.78, 5) is 15.2. The van der Waals surface area contributed by atoms with Crippen LogP contribution >= 0.6 is 0 Å². The van der Waals surface area contributed by atoms with E-state index in [0.29, 0.717) is 41.5 Å². The molecule has 0 saturated carbocycles. The standard InChI is InChI=1S/C28H27NO5/c1-31-25-13-10-20(16-26(25)32-2)22-15-21-11-12-24-23(27(21)34-28(22)30)17-29(18-33-24)14-6-9-19-7-4-3-5-8-19/h3-5,7-8,10-13,15-16H,6,9,14,17-18H2,1-2H3. The summed E-state index contributed by atoms with van der Waals surface area (Å²) in [6.45, 7) is 2.11. The molecule has 1 aliphatic heterocycles. The predicted molar refractivity (Wildman–Crippen MR) is 132 cm³/mol. The molecule has 0 spiro atoms. The average molecular weight is 458 g/mol. The van der Waals surface area contributed by atoms with Crippen LogP contribution in [0.25, 0.3) is 22.1 Å². The number of fused-ring (bicyclic) bond motifs is 3. The minimum atomic E-state index is -0.394. The van der Waals surface area contributed by atoms with Gasteiger partial charge >= 0.3 is 5.63 Å². The molecule has 1 aliphatic rings. The zero-order valence-corrected chi connectivity index (χ0v) is 19.4. The maximum atomic E-state index is 13.0. The highest BCUT2D eigenvalue weighted by molar-refractivity contribution is 5.86. The number of hydrogen-bond acceptors (Lipinski definition) is 6. The summed E-state index contributed by atoms with van der Waals surface area (Å²) in [7, 11) is 3.15. The Kier molecular flexibility index (Phi) is 6.23. The van der Waals surface area contributed by atoms with E-state index in [9.17, 15) is 4.79 Å². The second-order valence-electron chi connectivity index (χ2n) is 8.39. The maximum absolute atomic E-state index is 13.0. The van der Waals surface area contributed by atoms with Gasteiger partial charge in [-0.2, -0.15) is 0 Å². The summed E-state index contributed by atoms with van der Waals surface area (Å²) in [6, 6.07) is 21.6. The molecule has 0 bridgehead atoms. The molecule has 2 heterocycles. The summed E-state index contributed by atoms with van der Waals surface area (Å²) < 4.78 is 22.6. The topological polar surface area (TPSA) is 61.1 Å². The van der Waals surface area contributed by atoms with Crippen LogP contribution in [0, 0.1) is 0 Å². The van der Waals surface area contributed by atoms with Crippen molar-refractivity contribution in [1.82, 2.24) is 4.90 Å². The molecule has 6 heteroatoms. The first-order valence-corrected chi connectivity index (χ1v) is 11.4. The van der Waals surface area contributed by atoms with E-state index < -0.39 is 5.63 Å². The molecule has 0 radical (unpaired) electrons. The number of rotatable bonds is 7. The third-order valence-electron chi connectivity index (χ3n) is 6.22. The molecule has 6 nitrogen and oxygen atoms in total. The van der Waals surface area contributed by atoms with Gasteiger partial charge in [0.05, 0.1) is 25.3 Å². The van der Waals surface area contributed by atoms with Crippen molar-refractivity contribution in [3.63, 3.8) is 0 Å². The van der Waals surface area contributed by atoms with Crippen LogP contribution in [-0.2, 0) is 13.0 Å². The Morgan fingerprint density at radius 3 is 2.56 bits per heavy atom. The Balaban J connectivity index is 1.40. The Morgan fingerprint density at radius 1 is 0.941 bits per heavy atom. The summed E-state index contributed by atoms with van der Waals surface area (Å²) in [5, 5.41) is 0.859. The molecular formula is C28H27NO5. The molecule has 34 heavy (non-hydrogen) atoms. The van der Waals surface area contributed by atoms with Crippen molar-refractivity contribution >= 4 is 11.0 Å². The minimum absolute atomic E-state index is 0.394. The van der Waals surface area contributed by atoms with Crippen LogP contribution in [0.4, 0.5) is 0 Å². The molecule has 4 aromatic rings. The third kappa shape index (κ3) is 4.37. The van der Waals surface area contributed by atoms with Crippen LogP contribution in [0.3, 0.4) is 0 Å². The molecule has 3 aromatic carbocycles. The highest BCUT2D eigenvalue weighted by atomic mass is 16.5. The number of hydrogen-bond donors (Lipinski definition) is 0. The predicted octanol–water partition coefficient (Wildman–Crippen LogP) is 5.26. The molecule has 0 unspecified atom stereocenters. The molecule has 0 fully saturated rings. The molecule has 1 aromatic heterocycles. The molecule has 174 valence electrons. The van der Waals surface area contributed by atoms with Crippen LogP contribution in [0.5, 0.6) is 17.2 Å². The zero-order chi connectivity index (χ0) is 23.5. The second kappa shape index (κ2) is 9.61. The molecule has 0 saturated heterocycles. The lowest BCUT2D eigenvalue weighted by Crippen LogP contribution is -2.33. The van der Waals surface area contributed by atoms with E-state index in [4.69, 9.17) is 18.6 Å². The van der Waals surface area contributed by atoms with E-state index in [2.05, 4.69) is 29.2 Å². The minimum Gasteiger partial charge on any atom is -0.493 e. The lowest BCUT2D eigenvalue weighted by Gasteiger charge is -2.29. The number of benzene rings is 3. The Bertz CT molecular complexity index is 1360. The highest BCUT2D eigenvalue weighted by Gasteiger charge is 2.22. The van der Waals surface area contributed by atoms with Gasteiger partial charge in [-0.1, -0.05) is 36.4 Å². The summed E-state index contributed by atoms with van der Waals surface area (Å²) in [6.07, 6.45) is 2.05. The normalized spacial score (nSPS) is 13.4. The van der Waals surface area contributed by atoms with Gasteiger partial charge in [-0.05, 0) is 54.3 Å². The van der Waals surface area contributed by atoms with Gasteiger partial charge in [-0.15, -0.1) is 0 Å². The first kappa shape index (κ1) is 22.0. The van der Waals surface area contributed by atoms with E-state index in [1.807, 2.05) is 30.3 Å². The Hall–Kier alpha value is -3.77. The van der Waals surface area contributed by atoms with Crippen molar-refractivity contribution in [2.24, 2.45) is 0 Å². The smallest absolute Gasteiger partial charge is 0.344 e. The maximum Gasteiger partial charge on any atom is 0.344 e. The van der Waals surface area contributed by atoms with E-state index >= 15 is 0 Å². The fourth-order valence-electron chi connectivity index (χ4n) is 4.44. The van der Waals surface area contributed by atoms with Crippen LogP contribution in [-0.4, -0.2) is 32.4 Å². The second-order valence-corrected chi connectivity index (χ2v) is 8.39. The molecular weight excluding hydrogens is 430 g/mol. The molecule has 0 atom stereocenters. The quantitative estimate of drug-likeness (QED) is 0.353. The summed E-state index contributed by atoms with van der Waals surface area (Å²) in [5.41, 5.74) is 3.63. The van der Waals surface area contributed by atoms with Gasteiger partial charge in [0.1, 0.15) is 18.1 Å². The van der Waals surface area contributed by atoms with E-state index in [0.717, 1.165) is 36.1 Å². The fourth-order valence-corrected chi connectivity index (χ4v) is 4.44. The molecule has 0 N–H and O–H groups in total.